The van der Waals surface area contributed by atoms with Gasteiger partial charge in [-0.25, -0.2) is 0 Å². The highest BCUT2D eigenvalue weighted by Crippen LogP contribution is 2.62. The van der Waals surface area contributed by atoms with Gasteiger partial charge in [-0.3, -0.25) is 0 Å². The topological polar surface area (TPSA) is 0 Å². The average Bonchev–Trinajstić information content (AvgIpc) is 3.26. The molecule has 0 aromatic heterocycles. The lowest BCUT2D eigenvalue weighted by molar-refractivity contribution is -0.001000. The highest BCUT2D eigenvalue weighted by atomic mass is 79.9. The molecule has 0 aromatic carbocycles. The van der Waals surface area contributed by atoms with Crippen molar-refractivity contribution in [3.8, 4) is 0 Å². The first-order valence-corrected chi connectivity index (χ1v) is 34.3. The molecule has 0 atom stereocenters. The maximum Gasteiger partial charge on any atom is 0.0594 e. The molecular formula is C58H122Br2P2. The summed E-state index contributed by atoms with van der Waals surface area (Å²) in [5.41, 5.74) is 0. The number of halogens is 2. The SMILES string of the molecule is CCCCCCCC[P+](CCCCCCCC)(CCCCCCCC)CCCCCCCCCC[P+](CCCCCCCC)(CCCCCCCC)CCCCCCCC.[Br-].[Br-]. The molecule has 0 heterocycles. The van der Waals surface area contributed by atoms with Crippen molar-refractivity contribution in [2.75, 3.05) is 49.3 Å². The predicted molar refractivity (Wildman–Crippen MR) is 290 cm³/mol. The first-order chi connectivity index (χ1) is 29.6. The Balaban J connectivity index is -0.0000174. The Kier molecular flexibility index (Phi) is 60.9. The molecule has 0 unspecified atom stereocenters. The van der Waals surface area contributed by atoms with Gasteiger partial charge in [0, 0.05) is 14.5 Å². The molecule has 4 heteroatoms. The lowest BCUT2D eigenvalue weighted by Crippen LogP contribution is -3.00. The van der Waals surface area contributed by atoms with Gasteiger partial charge in [0.05, 0.1) is 49.3 Å². The van der Waals surface area contributed by atoms with Gasteiger partial charge in [-0.2, -0.15) is 0 Å². The summed E-state index contributed by atoms with van der Waals surface area (Å²) in [7, 11) is -1.59. The van der Waals surface area contributed by atoms with Crippen molar-refractivity contribution in [2.24, 2.45) is 0 Å². The van der Waals surface area contributed by atoms with Crippen LogP contribution in [0.3, 0.4) is 0 Å². The molecule has 0 rings (SSSR count). The van der Waals surface area contributed by atoms with E-state index < -0.39 is 14.5 Å². The van der Waals surface area contributed by atoms with E-state index in [0.717, 1.165) is 0 Å². The normalized spacial score (nSPS) is 11.9. The van der Waals surface area contributed by atoms with Crippen LogP contribution in [0, 0.1) is 0 Å². The second-order valence-corrected chi connectivity index (χ2v) is 29.9. The molecule has 0 amide bonds. The molecule has 378 valence electrons. The van der Waals surface area contributed by atoms with Crippen molar-refractivity contribution in [2.45, 2.75) is 324 Å². The van der Waals surface area contributed by atoms with E-state index in [0.29, 0.717) is 0 Å². The summed E-state index contributed by atoms with van der Waals surface area (Å²) in [6, 6.07) is 0. The quantitative estimate of drug-likeness (QED) is 0.0421. The van der Waals surface area contributed by atoms with Crippen molar-refractivity contribution >= 4 is 14.5 Å². The fourth-order valence-corrected chi connectivity index (χ4v) is 20.5. The minimum Gasteiger partial charge on any atom is -1.00 e. The molecule has 0 fully saturated rings. The zero-order valence-corrected chi connectivity index (χ0v) is 49.4. The maximum absolute atomic E-state index is 2.37. The smallest absolute Gasteiger partial charge is 0.0594 e. The van der Waals surface area contributed by atoms with Crippen LogP contribution in [0.5, 0.6) is 0 Å². The summed E-state index contributed by atoms with van der Waals surface area (Å²) in [5, 5.41) is 0. The van der Waals surface area contributed by atoms with Crippen molar-refractivity contribution in [1.29, 1.82) is 0 Å². The van der Waals surface area contributed by atoms with Crippen molar-refractivity contribution in [1.82, 2.24) is 0 Å². The Morgan fingerprint density at radius 1 is 0.145 bits per heavy atom. The Morgan fingerprint density at radius 3 is 0.355 bits per heavy atom. The summed E-state index contributed by atoms with van der Waals surface area (Å²) < 4.78 is 0. The summed E-state index contributed by atoms with van der Waals surface area (Å²) >= 11 is 0. The molecule has 0 aliphatic rings. The zero-order chi connectivity index (χ0) is 43.8. The van der Waals surface area contributed by atoms with E-state index in [1.165, 1.54) is 231 Å². The van der Waals surface area contributed by atoms with Gasteiger partial charge < -0.3 is 34.0 Å². The molecule has 0 saturated heterocycles. The Bertz CT molecular complexity index is 644. The number of hydrogen-bond acceptors (Lipinski definition) is 0. The van der Waals surface area contributed by atoms with Crippen LogP contribution in [0.1, 0.15) is 324 Å². The second kappa shape index (κ2) is 55.4. The average molecular weight is 1040 g/mol. The Morgan fingerprint density at radius 2 is 0.242 bits per heavy atom. The molecule has 0 nitrogen and oxygen atoms in total. The molecule has 0 aliphatic carbocycles. The first-order valence-electron chi connectivity index (χ1n) is 29.3. The summed E-state index contributed by atoms with van der Waals surface area (Å²) in [5.74, 6) is 0. The highest BCUT2D eigenvalue weighted by molar-refractivity contribution is 7.76. The Hall–Kier alpha value is 1.82. The van der Waals surface area contributed by atoms with Gasteiger partial charge in [0.15, 0.2) is 0 Å². The fraction of sp³-hybridized carbons (Fsp3) is 1.00. The van der Waals surface area contributed by atoms with Crippen LogP contribution in [0.25, 0.3) is 0 Å². The van der Waals surface area contributed by atoms with Crippen molar-refractivity contribution in [3.05, 3.63) is 0 Å². The van der Waals surface area contributed by atoms with E-state index in [-0.39, 0.29) is 34.0 Å². The van der Waals surface area contributed by atoms with Crippen LogP contribution in [0.4, 0.5) is 0 Å². The minimum absolute atomic E-state index is 0. The molecule has 0 spiro atoms. The summed E-state index contributed by atoms with van der Waals surface area (Å²) in [4.78, 5) is 0. The third-order valence-corrected chi connectivity index (χ3v) is 25.1. The van der Waals surface area contributed by atoms with Crippen LogP contribution in [-0.4, -0.2) is 49.3 Å². The van der Waals surface area contributed by atoms with Gasteiger partial charge in [0.1, 0.15) is 0 Å². The number of hydrogen-bond donors (Lipinski definition) is 0. The number of unbranched alkanes of at least 4 members (excludes halogenated alkanes) is 37. The highest BCUT2D eigenvalue weighted by Gasteiger charge is 2.36. The van der Waals surface area contributed by atoms with Crippen LogP contribution in [0.2, 0.25) is 0 Å². The van der Waals surface area contributed by atoms with E-state index in [4.69, 9.17) is 0 Å². The number of rotatable bonds is 53. The predicted octanol–water partition coefficient (Wildman–Crippen LogP) is 16.3. The lowest BCUT2D eigenvalue weighted by atomic mass is 10.1. The van der Waals surface area contributed by atoms with Crippen molar-refractivity contribution in [3.63, 3.8) is 0 Å². The van der Waals surface area contributed by atoms with Gasteiger partial charge in [-0.05, 0) is 103 Å². The van der Waals surface area contributed by atoms with E-state index in [1.54, 1.807) is 101 Å². The van der Waals surface area contributed by atoms with Crippen LogP contribution in [0.15, 0.2) is 0 Å². The molecule has 0 aliphatic heterocycles. The summed E-state index contributed by atoms with van der Waals surface area (Å²) in [6.45, 7) is 14.2. The van der Waals surface area contributed by atoms with Crippen molar-refractivity contribution < 1.29 is 34.0 Å². The minimum atomic E-state index is -0.794. The third-order valence-electron chi connectivity index (χ3n) is 14.9. The maximum atomic E-state index is 2.37. The fourth-order valence-electron chi connectivity index (χ4n) is 10.7. The first kappa shape index (κ1) is 68.1. The van der Waals surface area contributed by atoms with E-state index in [2.05, 4.69) is 41.5 Å². The standard InChI is InChI=1S/C58H122P2.2BrH/c1-7-13-19-25-35-43-51-59(52-44-36-26-20-14-8-2,53-45-37-27-21-15-9-3)57-49-41-33-31-32-34-42-50-58-60(54-46-38-28-22-16-10-4,55-47-39-29-23-17-11-5)56-48-40-30-24-18-12-6;;/h7-58H2,1-6H3;2*1H/q+2;;/p-2. The van der Waals surface area contributed by atoms with Gasteiger partial charge in [0.2, 0.25) is 0 Å². The van der Waals surface area contributed by atoms with Gasteiger partial charge in [-0.15, -0.1) is 0 Å². The molecular weight excluding hydrogens is 918 g/mol. The van der Waals surface area contributed by atoms with Crippen LogP contribution in [-0.2, 0) is 0 Å². The Labute approximate surface area is 419 Å². The molecule has 0 N–H and O–H groups in total. The largest absolute Gasteiger partial charge is 1.00 e. The monoisotopic (exact) mass is 1040 g/mol. The zero-order valence-electron chi connectivity index (χ0n) is 44.4. The molecule has 0 saturated carbocycles. The van der Waals surface area contributed by atoms with Crippen LogP contribution < -0.4 is 34.0 Å². The molecule has 0 radical (unpaired) electrons. The van der Waals surface area contributed by atoms with Crippen LogP contribution >= 0.6 is 14.5 Å². The molecule has 0 aromatic rings. The molecule has 62 heavy (non-hydrogen) atoms. The third kappa shape index (κ3) is 45.6. The van der Waals surface area contributed by atoms with Gasteiger partial charge in [0.25, 0.3) is 0 Å². The second-order valence-electron chi connectivity index (χ2n) is 20.9. The van der Waals surface area contributed by atoms with E-state index in [1.807, 2.05) is 0 Å². The molecule has 0 bridgehead atoms. The van der Waals surface area contributed by atoms with E-state index >= 15 is 0 Å². The summed E-state index contributed by atoms with van der Waals surface area (Å²) in [6.07, 6.45) is 79.0. The van der Waals surface area contributed by atoms with E-state index in [9.17, 15) is 0 Å². The van der Waals surface area contributed by atoms with Gasteiger partial charge in [-0.1, -0.05) is 221 Å². The van der Waals surface area contributed by atoms with Gasteiger partial charge >= 0.3 is 0 Å². The lowest BCUT2D eigenvalue weighted by Gasteiger charge is -2.29.